The van der Waals surface area contributed by atoms with E-state index in [2.05, 4.69) is 57.3 Å². The first-order valence-electron chi connectivity index (χ1n) is 7.55. The Balaban J connectivity index is 2.25. The van der Waals surface area contributed by atoms with Crippen molar-refractivity contribution >= 4 is 5.91 Å². The zero-order valence-electron chi connectivity index (χ0n) is 13.2. The minimum atomic E-state index is -0.101. The van der Waals surface area contributed by atoms with E-state index >= 15 is 0 Å². The molecule has 0 aromatic heterocycles. The molecule has 3 nitrogen and oxygen atoms in total. The third-order valence-corrected chi connectivity index (χ3v) is 3.99. The topological polar surface area (TPSA) is 32.3 Å². The fraction of sp³-hybridized carbons (Fsp3) is 0.588. The van der Waals surface area contributed by atoms with Crippen molar-refractivity contribution < 1.29 is 4.79 Å². The maximum absolute atomic E-state index is 12.4. The number of benzene rings is 1. The van der Waals surface area contributed by atoms with E-state index in [9.17, 15) is 4.79 Å². The average molecular weight is 274 g/mol. The summed E-state index contributed by atoms with van der Waals surface area (Å²) in [6, 6.07) is 8.61. The molecule has 0 radical (unpaired) electrons. The Bertz CT molecular complexity index is 466. The van der Waals surface area contributed by atoms with Crippen LogP contribution in [0.2, 0.25) is 0 Å². The summed E-state index contributed by atoms with van der Waals surface area (Å²) in [6.07, 6.45) is 1.04. The first kappa shape index (κ1) is 15.0. The molecule has 1 heterocycles. The molecule has 1 amide bonds. The summed E-state index contributed by atoms with van der Waals surface area (Å²) in [4.78, 5) is 14.5. The highest BCUT2D eigenvalue weighted by Crippen LogP contribution is 2.29. The van der Waals surface area contributed by atoms with E-state index in [4.69, 9.17) is 0 Å². The number of hydrogen-bond acceptors (Lipinski definition) is 2. The van der Waals surface area contributed by atoms with Gasteiger partial charge in [-0.05, 0) is 38.7 Å². The van der Waals surface area contributed by atoms with E-state index in [1.54, 1.807) is 0 Å². The lowest BCUT2D eigenvalue weighted by molar-refractivity contribution is -0.132. The van der Waals surface area contributed by atoms with Crippen molar-refractivity contribution in [1.29, 1.82) is 0 Å². The third-order valence-electron chi connectivity index (χ3n) is 3.99. The van der Waals surface area contributed by atoms with Gasteiger partial charge in [-0.15, -0.1) is 0 Å². The Morgan fingerprint density at radius 3 is 2.35 bits per heavy atom. The van der Waals surface area contributed by atoms with Crippen LogP contribution in [0, 0.1) is 12.8 Å². The van der Waals surface area contributed by atoms with Crippen LogP contribution in [0.4, 0.5) is 0 Å². The van der Waals surface area contributed by atoms with Crippen LogP contribution in [-0.2, 0) is 4.79 Å². The molecule has 3 heteroatoms. The van der Waals surface area contributed by atoms with Gasteiger partial charge in [-0.3, -0.25) is 10.1 Å². The Morgan fingerprint density at radius 2 is 1.80 bits per heavy atom. The number of nitrogens with zero attached hydrogens (tertiary/aromatic N) is 1. The van der Waals surface area contributed by atoms with E-state index in [-0.39, 0.29) is 24.2 Å². The maximum Gasteiger partial charge on any atom is 0.241 e. The van der Waals surface area contributed by atoms with Gasteiger partial charge in [0.1, 0.15) is 6.17 Å². The van der Waals surface area contributed by atoms with Gasteiger partial charge in [0.2, 0.25) is 5.91 Å². The van der Waals surface area contributed by atoms with Crippen molar-refractivity contribution in [1.82, 2.24) is 10.2 Å². The van der Waals surface area contributed by atoms with Gasteiger partial charge >= 0.3 is 0 Å². The monoisotopic (exact) mass is 274 g/mol. The highest BCUT2D eigenvalue weighted by Gasteiger charge is 2.39. The van der Waals surface area contributed by atoms with Crippen LogP contribution in [0.25, 0.3) is 0 Å². The molecule has 1 fully saturated rings. The van der Waals surface area contributed by atoms with Crippen molar-refractivity contribution in [3.63, 3.8) is 0 Å². The minimum absolute atomic E-state index is 0.00634. The predicted octanol–water partition coefficient (Wildman–Crippen LogP) is 3.25. The summed E-state index contributed by atoms with van der Waals surface area (Å²) >= 11 is 0. The summed E-state index contributed by atoms with van der Waals surface area (Å²) in [6.45, 7) is 10.6. The third kappa shape index (κ3) is 3.04. The number of hydrogen-bond donors (Lipinski definition) is 1. The quantitative estimate of drug-likeness (QED) is 0.914. The zero-order chi connectivity index (χ0) is 14.9. The van der Waals surface area contributed by atoms with Crippen molar-refractivity contribution in [3.8, 4) is 0 Å². The fourth-order valence-corrected chi connectivity index (χ4v) is 3.01. The minimum Gasteiger partial charge on any atom is -0.319 e. The van der Waals surface area contributed by atoms with Crippen LogP contribution in [0.3, 0.4) is 0 Å². The summed E-state index contributed by atoms with van der Waals surface area (Å²) in [5, 5.41) is 3.42. The van der Waals surface area contributed by atoms with Gasteiger partial charge in [0, 0.05) is 6.04 Å². The Kier molecular flexibility index (Phi) is 4.48. The van der Waals surface area contributed by atoms with Gasteiger partial charge in [-0.2, -0.15) is 0 Å². The van der Waals surface area contributed by atoms with Crippen molar-refractivity contribution in [3.05, 3.63) is 35.4 Å². The van der Waals surface area contributed by atoms with E-state index in [1.165, 1.54) is 11.1 Å². The van der Waals surface area contributed by atoms with E-state index in [0.29, 0.717) is 5.92 Å². The molecule has 1 N–H and O–H groups in total. The Morgan fingerprint density at radius 1 is 1.20 bits per heavy atom. The summed E-state index contributed by atoms with van der Waals surface area (Å²) in [5.74, 6) is 0.802. The van der Waals surface area contributed by atoms with Gasteiger partial charge in [0.05, 0.1) is 6.04 Å². The van der Waals surface area contributed by atoms with E-state index < -0.39 is 0 Å². The van der Waals surface area contributed by atoms with Crippen LogP contribution in [0.15, 0.2) is 24.3 Å². The first-order valence-corrected chi connectivity index (χ1v) is 7.55. The summed E-state index contributed by atoms with van der Waals surface area (Å²) < 4.78 is 0. The first-order chi connectivity index (χ1) is 9.40. The van der Waals surface area contributed by atoms with Gasteiger partial charge in [-0.25, -0.2) is 0 Å². The molecule has 1 aliphatic rings. The van der Waals surface area contributed by atoms with E-state index in [1.807, 2.05) is 11.8 Å². The van der Waals surface area contributed by atoms with Crippen LogP contribution < -0.4 is 5.32 Å². The van der Waals surface area contributed by atoms with Gasteiger partial charge < -0.3 is 4.90 Å². The molecule has 0 aliphatic carbocycles. The number of carbonyl (C=O) groups is 1. The molecule has 20 heavy (non-hydrogen) atoms. The molecule has 1 aliphatic heterocycles. The lowest BCUT2D eigenvalue weighted by Gasteiger charge is -2.31. The molecular formula is C17H26N2O. The van der Waals surface area contributed by atoms with Crippen molar-refractivity contribution in [2.24, 2.45) is 5.92 Å². The average Bonchev–Trinajstić information content (AvgIpc) is 2.66. The van der Waals surface area contributed by atoms with Crippen LogP contribution in [0.1, 0.15) is 51.4 Å². The fourth-order valence-electron chi connectivity index (χ4n) is 3.01. The number of carbonyl (C=O) groups excluding carboxylic acids is 1. The molecule has 1 saturated heterocycles. The smallest absolute Gasteiger partial charge is 0.241 e. The SMILES string of the molecule is Cc1ccc(C2NC(C)C(=O)N2C(C)CC(C)C)cc1. The standard InChI is InChI=1S/C17H26N2O/c1-11(2)10-13(4)19-16(18-14(5)17(19)20)15-8-6-12(3)7-9-15/h6-9,11,13-14,16,18H,10H2,1-5H3. The highest BCUT2D eigenvalue weighted by molar-refractivity contribution is 5.84. The zero-order valence-corrected chi connectivity index (χ0v) is 13.2. The largest absolute Gasteiger partial charge is 0.319 e. The van der Waals surface area contributed by atoms with E-state index in [0.717, 1.165) is 6.42 Å². The molecule has 3 unspecified atom stereocenters. The normalized spacial score (nSPS) is 24.5. The van der Waals surface area contributed by atoms with Crippen LogP contribution >= 0.6 is 0 Å². The maximum atomic E-state index is 12.4. The molecule has 2 rings (SSSR count). The van der Waals surface area contributed by atoms with Gasteiger partial charge in [-0.1, -0.05) is 43.7 Å². The Hall–Kier alpha value is -1.35. The predicted molar refractivity (Wildman–Crippen MR) is 82.3 cm³/mol. The molecule has 3 atom stereocenters. The van der Waals surface area contributed by atoms with Crippen molar-refractivity contribution in [2.45, 2.75) is 59.3 Å². The highest BCUT2D eigenvalue weighted by atomic mass is 16.2. The second-order valence-electron chi connectivity index (χ2n) is 6.43. The lowest BCUT2D eigenvalue weighted by Crippen LogP contribution is -2.39. The number of aryl methyl sites for hydroxylation is 1. The molecule has 1 aromatic rings. The molecule has 0 bridgehead atoms. The lowest BCUT2D eigenvalue weighted by atomic mass is 10.0. The number of rotatable bonds is 4. The molecule has 1 aromatic carbocycles. The molecule has 110 valence electrons. The summed E-state index contributed by atoms with van der Waals surface area (Å²) in [5.41, 5.74) is 2.41. The number of amides is 1. The summed E-state index contributed by atoms with van der Waals surface area (Å²) in [7, 11) is 0. The van der Waals surface area contributed by atoms with Crippen LogP contribution in [-0.4, -0.2) is 22.9 Å². The number of nitrogens with one attached hydrogen (secondary N) is 1. The van der Waals surface area contributed by atoms with Gasteiger partial charge in [0.15, 0.2) is 0 Å². The van der Waals surface area contributed by atoms with Crippen LogP contribution in [0.5, 0.6) is 0 Å². The second-order valence-corrected chi connectivity index (χ2v) is 6.43. The molecular weight excluding hydrogens is 248 g/mol. The molecule has 0 spiro atoms. The van der Waals surface area contributed by atoms with Gasteiger partial charge in [0.25, 0.3) is 0 Å². The second kappa shape index (κ2) is 5.96. The molecule has 0 saturated carbocycles. The van der Waals surface area contributed by atoms with Crippen molar-refractivity contribution in [2.75, 3.05) is 0 Å². The Labute approximate surface area is 122 Å².